The number of benzene rings is 2. The van der Waals surface area contributed by atoms with E-state index in [4.69, 9.17) is 4.74 Å². The first kappa shape index (κ1) is 35.5. The number of nitrogens with one attached hydrogen (secondary N) is 2. The van der Waals surface area contributed by atoms with Gasteiger partial charge in [0.1, 0.15) is 0 Å². The van der Waals surface area contributed by atoms with Crippen LogP contribution in [0.2, 0.25) is 0 Å². The molecule has 3 aromatic rings. The number of hydrogen-bond acceptors (Lipinski definition) is 7. The lowest BCUT2D eigenvalue weighted by atomic mass is 9.94. The van der Waals surface area contributed by atoms with Crippen LogP contribution in [0.5, 0.6) is 0 Å². The summed E-state index contributed by atoms with van der Waals surface area (Å²) in [6, 6.07) is 20.4. The number of carbonyl (C=O) groups is 2. The van der Waals surface area contributed by atoms with Crippen molar-refractivity contribution in [3.05, 3.63) is 88.4 Å². The Morgan fingerprint density at radius 3 is 2.20 bits per heavy atom. The Morgan fingerprint density at radius 2 is 1.61 bits per heavy atom. The summed E-state index contributed by atoms with van der Waals surface area (Å²) in [5.41, 5.74) is 3.60. The smallest absolute Gasteiger partial charge is 0.407 e. The van der Waals surface area contributed by atoms with Gasteiger partial charge in [0.05, 0.1) is 25.3 Å². The maximum atomic E-state index is 13.1. The van der Waals surface area contributed by atoms with Crippen molar-refractivity contribution in [2.45, 2.75) is 77.5 Å². The van der Waals surface area contributed by atoms with Crippen molar-refractivity contribution in [1.82, 2.24) is 25.4 Å². The number of rotatable bonds is 17. The van der Waals surface area contributed by atoms with Crippen LogP contribution in [-0.2, 0) is 28.9 Å². The van der Waals surface area contributed by atoms with Crippen molar-refractivity contribution in [1.29, 1.82) is 0 Å². The van der Waals surface area contributed by atoms with Gasteiger partial charge in [-0.2, -0.15) is 0 Å². The molecule has 2 heterocycles. The minimum atomic E-state index is -0.921. The van der Waals surface area contributed by atoms with Gasteiger partial charge in [0.15, 0.2) is 0 Å². The van der Waals surface area contributed by atoms with Crippen LogP contribution in [0.25, 0.3) is 0 Å². The van der Waals surface area contributed by atoms with Gasteiger partial charge < -0.3 is 20.5 Å². The van der Waals surface area contributed by atoms with Crippen molar-refractivity contribution in [2.24, 2.45) is 5.41 Å². The maximum absolute atomic E-state index is 13.1. The predicted octanol–water partition coefficient (Wildman–Crippen LogP) is 5.47. The molecule has 0 spiro atoms. The number of aromatic nitrogens is 1. The molecule has 3 N–H and O–H groups in total. The Labute approximate surface area is 278 Å². The zero-order chi connectivity index (χ0) is 32.8. The predicted molar refractivity (Wildman–Crippen MR) is 184 cm³/mol. The molecule has 4 rings (SSSR count). The average Bonchev–Trinajstić information content (AvgIpc) is 3.57. The van der Waals surface area contributed by atoms with Gasteiger partial charge in [-0.15, -0.1) is 11.3 Å². The molecule has 46 heavy (non-hydrogen) atoms. The lowest BCUT2D eigenvalue weighted by molar-refractivity contribution is -0.129. The Hall–Kier alpha value is -3.31. The zero-order valence-corrected chi connectivity index (χ0v) is 28.4. The second-order valence-corrected chi connectivity index (χ2v) is 14.2. The maximum Gasteiger partial charge on any atom is 0.407 e. The Morgan fingerprint density at radius 1 is 0.957 bits per heavy atom. The molecule has 2 amide bonds. The minimum Gasteiger partial charge on any atom is -0.465 e. The molecule has 10 heteroatoms. The van der Waals surface area contributed by atoms with Crippen LogP contribution in [0.3, 0.4) is 0 Å². The third-order valence-corrected chi connectivity index (χ3v) is 9.31. The van der Waals surface area contributed by atoms with Gasteiger partial charge >= 0.3 is 6.09 Å². The third kappa shape index (κ3) is 12.1. The number of carboxylic acid groups (broad SMARTS) is 1. The number of thiazole rings is 1. The van der Waals surface area contributed by atoms with Crippen LogP contribution in [0, 0.1) is 5.41 Å². The number of carbonyl (C=O) groups excluding carboxylic acids is 1. The van der Waals surface area contributed by atoms with Crippen LogP contribution in [0.4, 0.5) is 4.79 Å². The fourth-order valence-corrected chi connectivity index (χ4v) is 6.36. The average molecular weight is 650 g/mol. The molecule has 0 bridgehead atoms. The summed E-state index contributed by atoms with van der Waals surface area (Å²) in [6.07, 6.45) is 4.58. The minimum absolute atomic E-state index is 0.0326. The molecule has 250 valence electrons. The van der Waals surface area contributed by atoms with Crippen molar-refractivity contribution in [3.8, 4) is 0 Å². The molecule has 1 aliphatic rings. The molecule has 9 nitrogen and oxygen atoms in total. The topological polar surface area (TPSA) is 107 Å². The fourth-order valence-electron chi connectivity index (χ4n) is 5.76. The Kier molecular flexibility index (Phi) is 14.0. The number of amides is 2. The zero-order valence-electron chi connectivity index (χ0n) is 27.6. The van der Waals surface area contributed by atoms with Crippen LogP contribution in [-0.4, -0.2) is 89.4 Å². The molecular formula is C36H51N5O4S. The van der Waals surface area contributed by atoms with E-state index in [9.17, 15) is 14.7 Å². The van der Waals surface area contributed by atoms with Gasteiger partial charge in [-0.3, -0.25) is 19.6 Å². The van der Waals surface area contributed by atoms with E-state index in [-0.39, 0.29) is 24.0 Å². The molecule has 0 saturated carbocycles. The standard InChI is InChI=1S/C36H51N5O4S/c1-36(2,3)34(42)39-31(16-17-40-18-20-45-21-19-40)24-38-30(22-28-10-6-4-7-11-28)14-15-32(23-29-12-8-5-9-13-29)41(35(43)44)26-33-25-37-27-46-33/h4-13,25,27,30-32,38H,14-24,26H2,1-3H3,(H,39,42)(H,43,44)/t30-,31+,32-/m1/s1. The van der Waals surface area contributed by atoms with Crippen molar-refractivity contribution in [2.75, 3.05) is 39.4 Å². The highest BCUT2D eigenvalue weighted by Crippen LogP contribution is 2.21. The molecule has 3 atom stereocenters. The molecule has 0 unspecified atom stereocenters. The van der Waals surface area contributed by atoms with Gasteiger partial charge in [0.2, 0.25) is 5.91 Å². The molecule has 0 radical (unpaired) electrons. The largest absolute Gasteiger partial charge is 0.465 e. The third-order valence-electron chi connectivity index (χ3n) is 8.55. The first-order valence-electron chi connectivity index (χ1n) is 16.5. The second kappa shape index (κ2) is 18.1. The molecule has 1 aromatic heterocycles. The quantitative estimate of drug-likeness (QED) is 0.178. The fraction of sp³-hybridized carbons (Fsp3) is 0.528. The van der Waals surface area contributed by atoms with Crippen LogP contribution < -0.4 is 10.6 Å². The lowest BCUT2D eigenvalue weighted by Gasteiger charge is -2.32. The van der Waals surface area contributed by atoms with Gasteiger partial charge in [0, 0.05) is 60.8 Å². The first-order chi connectivity index (χ1) is 22.2. The van der Waals surface area contributed by atoms with Crippen LogP contribution in [0.1, 0.15) is 56.0 Å². The van der Waals surface area contributed by atoms with E-state index < -0.39 is 11.5 Å². The van der Waals surface area contributed by atoms with Gasteiger partial charge in [-0.05, 0) is 43.2 Å². The number of morpholine rings is 1. The van der Waals surface area contributed by atoms with E-state index in [0.717, 1.165) is 62.6 Å². The first-order valence-corrected chi connectivity index (χ1v) is 17.3. The van der Waals surface area contributed by atoms with Crippen LogP contribution in [0.15, 0.2) is 72.4 Å². The summed E-state index contributed by atoms with van der Waals surface area (Å²) in [7, 11) is 0. The number of nitrogens with zero attached hydrogens (tertiary/aromatic N) is 3. The highest BCUT2D eigenvalue weighted by molar-refractivity contribution is 7.09. The molecule has 0 aliphatic carbocycles. The van der Waals surface area contributed by atoms with Crippen LogP contribution >= 0.6 is 11.3 Å². The van der Waals surface area contributed by atoms with E-state index in [1.807, 2.05) is 45.0 Å². The van der Waals surface area contributed by atoms with E-state index in [1.165, 1.54) is 16.9 Å². The molecule has 1 aliphatic heterocycles. The summed E-state index contributed by atoms with van der Waals surface area (Å²) in [6.45, 7) is 11.0. The van der Waals surface area contributed by atoms with E-state index >= 15 is 0 Å². The monoisotopic (exact) mass is 649 g/mol. The lowest BCUT2D eigenvalue weighted by Crippen LogP contribution is -2.50. The summed E-state index contributed by atoms with van der Waals surface area (Å²) in [5, 5.41) is 17.5. The van der Waals surface area contributed by atoms with E-state index in [0.29, 0.717) is 25.9 Å². The van der Waals surface area contributed by atoms with E-state index in [2.05, 4.69) is 56.9 Å². The SMILES string of the molecule is CC(C)(C)C(=O)N[C@@H](CCN1CCOCC1)CN[C@H](CC[C@H](Cc1ccccc1)N(Cc1cncs1)C(=O)O)Cc1ccccc1. The number of hydrogen-bond donors (Lipinski definition) is 3. The van der Waals surface area contributed by atoms with Crippen molar-refractivity contribution in [3.63, 3.8) is 0 Å². The second-order valence-electron chi connectivity index (χ2n) is 13.3. The Bertz CT molecular complexity index is 1300. The van der Waals surface area contributed by atoms with Crippen molar-refractivity contribution < 1.29 is 19.4 Å². The molecule has 1 fully saturated rings. The van der Waals surface area contributed by atoms with Gasteiger partial charge in [-0.25, -0.2) is 4.79 Å². The Balaban J connectivity index is 1.50. The molecule has 1 saturated heterocycles. The highest BCUT2D eigenvalue weighted by atomic mass is 32.1. The van der Waals surface area contributed by atoms with E-state index in [1.54, 1.807) is 16.6 Å². The van der Waals surface area contributed by atoms with Gasteiger partial charge in [0.25, 0.3) is 0 Å². The molecule has 2 aromatic carbocycles. The molecular weight excluding hydrogens is 598 g/mol. The number of ether oxygens (including phenoxy) is 1. The van der Waals surface area contributed by atoms with Crippen molar-refractivity contribution >= 4 is 23.3 Å². The van der Waals surface area contributed by atoms with Gasteiger partial charge in [-0.1, -0.05) is 81.4 Å². The summed E-state index contributed by atoms with van der Waals surface area (Å²) >= 11 is 1.48. The summed E-state index contributed by atoms with van der Waals surface area (Å²) < 4.78 is 5.53. The normalized spacial score (nSPS) is 16.0. The highest BCUT2D eigenvalue weighted by Gasteiger charge is 2.28. The summed E-state index contributed by atoms with van der Waals surface area (Å²) in [4.78, 5) is 34.8. The summed E-state index contributed by atoms with van der Waals surface area (Å²) in [5.74, 6) is 0.0454.